The van der Waals surface area contributed by atoms with Gasteiger partial charge in [0.25, 0.3) is 0 Å². The van der Waals surface area contributed by atoms with Crippen LogP contribution in [0.5, 0.6) is 23.0 Å². The van der Waals surface area contributed by atoms with Crippen LogP contribution in [0.2, 0.25) is 0 Å². The summed E-state index contributed by atoms with van der Waals surface area (Å²) in [5, 5.41) is 40.3. The first kappa shape index (κ1) is 104. The fourth-order valence-electron chi connectivity index (χ4n) is 20.8. The number of phenolic OH excluding ortho intramolecular Hbond substituents is 1. The fraction of sp³-hybridized carbons (Fsp3) is 0.650. The minimum Gasteiger partial charge on any atom is -0.508 e. The lowest BCUT2D eigenvalue weighted by Crippen LogP contribution is -2.55. The van der Waals surface area contributed by atoms with Crippen LogP contribution in [0.3, 0.4) is 0 Å². The summed E-state index contributed by atoms with van der Waals surface area (Å²) in [6.45, 7) is 4.37. The maximum atomic E-state index is 13.8. The van der Waals surface area contributed by atoms with Crippen molar-refractivity contribution in [2.45, 2.75) is 304 Å². The molecule has 0 spiro atoms. The van der Waals surface area contributed by atoms with E-state index in [1.54, 1.807) is 34.1 Å². The minimum absolute atomic E-state index is 0.00965. The molecule has 12 atom stereocenters. The second-order valence-electron chi connectivity index (χ2n) is 37.9. The number of benzene rings is 4. The van der Waals surface area contributed by atoms with E-state index < -0.39 is 72.2 Å². The molecule has 10 heterocycles. The molecule has 4 saturated heterocycles. The number of phenols is 1. The lowest BCUT2D eigenvalue weighted by Gasteiger charge is -2.34. The van der Waals surface area contributed by atoms with E-state index >= 15 is 0 Å². The summed E-state index contributed by atoms with van der Waals surface area (Å²) in [6, 6.07) is 24.2. The number of likely N-dealkylation sites (tertiary alicyclic amines) is 1. The SMILES string of the molecule is COC(=O)[C@@H]1C[C@@H](OCCCO)CN1C(=O)[C@@H](NC(=O)CCc1ccc(O)cc1)C1CCCCC1.COC(=O)[C@@H]1C[C@@H]2CN1C(=O)[C@H](C1CCCCC1)NC(=O)CCc1ccc(cc1)OCCCO2.COC(=O)[C@@H]1C[C@@H]2CN1C(=O)[C@H](C1CCCCC1)NC(=O)CCc1ccc(cc1)OCCCO2.O=C1CCc2ccc(cc2)OCCCO[C@@H]2C[C@@H](C(=O)O)N(C2)C(=O)[C@H](C2CCCCC2)N1. The third-order valence-corrected chi connectivity index (χ3v) is 28.4. The second kappa shape index (κ2) is 54.0. The van der Waals surface area contributed by atoms with Crippen LogP contribution in [0.15, 0.2) is 97.1 Å². The molecular weight excluding hydrogens is 1750 g/mol. The number of hydrogen-bond acceptors (Lipinski definition) is 24. The second-order valence-corrected chi connectivity index (χ2v) is 37.9. The zero-order valence-corrected chi connectivity index (χ0v) is 79.5. The number of aliphatic hydroxyl groups is 1. The quantitative estimate of drug-likeness (QED) is 0.0293. The van der Waals surface area contributed by atoms with Gasteiger partial charge < -0.3 is 104 Å². The highest BCUT2D eigenvalue weighted by Crippen LogP contribution is 2.37. The van der Waals surface area contributed by atoms with Gasteiger partial charge in [-0.25, -0.2) is 19.2 Å². The molecule has 18 rings (SSSR count). The van der Waals surface area contributed by atoms with Gasteiger partial charge in [0.1, 0.15) is 71.3 Å². The van der Waals surface area contributed by atoms with Crippen molar-refractivity contribution >= 4 is 71.1 Å². The molecule has 0 aromatic heterocycles. The minimum atomic E-state index is -1.03. The molecule has 136 heavy (non-hydrogen) atoms. The normalized spacial score (nSPS) is 26.0. The van der Waals surface area contributed by atoms with E-state index in [0.717, 1.165) is 168 Å². The van der Waals surface area contributed by atoms with Crippen LogP contribution in [0.4, 0.5) is 0 Å². The van der Waals surface area contributed by atoms with Crippen molar-refractivity contribution in [2.75, 3.05) is 100 Å². The summed E-state index contributed by atoms with van der Waals surface area (Å²) in [5.74, 6) is -1.33. The first-order valence-electron chi connectivity index (χ1n) is 49.9. The lowest BCUT2D eigenvalue weighted by atomic mass is 9.83. The summed E-state index contributed by atoms with van der Waals surface area (Å²) >= 11 is 0. The number of carboxylic acid groups (broad SMARTS) is 1. The van der Waals surface area contributed by atoms with Gasteiger partial charge in [-0.15, -0.1) is 0 Å². The van der Waals surface area contributed by atoms with E-state index in [4.69, 9.17) is 52.5 Å². The van der Waals surface area contributed by atoms with Gasteiger partial charge in [-0.3, -0.25) is 38.4 Å². The number of aliphatic hydroxyl groups excluding tert-OH is 1. The fourth-order valence-corrected chi connectivity index (χ4v) is 20.8. The van der Waals surface area contributed by atoms with E-state index in [-0.39, 0.29) is 140 Å². The Bertz CT molecular complexity index is 4360. The number of aryl methyl sites for hydroxylation is 4. The van der Waals surface area contributed by atoms with Crippen molar-refractivity contribution in [1.82, 2.24) is 40.9 Å². The Labute approximate surface area is 798 Å². The van der Waals surface area contributed by atoms with Gasteiger partial charge in [0.15, 0.2) is 0 Å². The zero-order chi connectivity index (χ0) is 96.2. The van der Waals surface area contributed by atoms with Gasteiger partial charge in [-0.2, -0.15) is 0 Å². The Balaban J connectivity index is 0.000000163. The van der Waals surface area contributed by atoms with Crippen molar-refractivity contribution in [3.8, 4) is 23.0 Å². The number of nitrogens with one attached hydrogen (secondary N) is 4. The first-order valence-corrected chi connectivity index (χ1v) is 49.9. The molecule has 0 unspecified atom stereocenters. The average Bonchev–Trinajstić information content (AvgIpc) is 1.65. The topological polar surface area (TPSA) is 419 Å². The summed E-state index contributed by atoms with van der Waals surface area (Å²) in [4.78, 5) is 162. The highest BCUT2D eigenvalue weighted by atomic mass is 16.5. The average molecular weight is 1890 g/mol. The molecule has 0 radical (unpaired) electrons. The maximum absolute atomic E-state index is 13.8. The smallest absolute Gasteiger partial charge is 0.328 e. The van der Waals surface area contributed by atoms with Crippen LogP contribution >= 0.6 is 0 Å². The molecule has 33 nitrogen and oxygen atoms in total. The third-order valence-electron chi connectivity index (χ3n) is 28.4. The van der Waals surface area contributed by atoms with Crippen LogP contribution in [-0.2, 0) is 116 Å². The number of rotatable bonds is 17. The zero-order valence-electron chi connectivity index (χ0n) is 79.5. The van der Waals surface area contributed by atoms with E-state index in [2.05, 4.69) is 21.3 Å². The number of carboxylic acids is 1. The Morgan fingerprint density at radius 3 is 1.15 bits per heavy atom. The van der Waals surface area contributed by atoms with Gasteiger partial charge in [-0.1, -0.05) is 126 Å². The summed E-state index contributed by atoms with van der Waals surface area (Å²) in [5.41, 5.74) is 4.03. The van der Waals surface area contributed by atoms with Crippen molar-refractivity contribution in [1.29, 1.82) is 0 Å². The van der Waals surface area contributed by atoms with Gasteiger partial charge in [0, 0.05) is 110 Å². The molecule has 14 aliphatic rings. The molecule has 746 valence electrons. The van der Waals surface area contributed by atoms with E-state index in [9.17, 15) is 67.7 Å². The summed E-state index contributed by atoms with van der Waals surface area (Å²) in [6.07, 6.45) is 25.9. The predicted octanol–water partition coefficient (Wildman–Crippen LogP) is 9.72. The molecule has 4 aromatic carbocycles. The number of fused-ring (bicyclic) bond motifs is 33. The van der Waals surface area contributed by atoms with Gasteiger partial charge >= 0.3 is 23.9 Å². The molecule has 33 heteroatoms. The lowest BCUT2D eigenvalue weighted by molar-refractivity contribution is -0.152. The number of carbonyl (C=O) groups excluding carboxylic acids is 11. The first-order chi connectivity index (χ1) is 66.0. The highest BCUT2D eigenvalue weighted by Gasteiger charge is 2.50. The monoisotopic (exact) mass is 1890 g/mol. The molecule has 8 fully saturated rings. The van der Waals surface area contributed by atoms with Gasteiger partial charge in [0.05, 0.1) is 85.4 Å². The predicted molar refractivity (Wildman–Crippen MR) is 500 cm³/mol. The van der Waals surface area contributed by atoms with Crippen molar-refractivity contribution in [3.05, 3.63) is 119 Å². The number of ether oxygens (including phenoxy) is 10. The standard InChI is InChI=1S/C26H38N2O7.2C26H36N2O6.C25H34N2O6/c1-34-26(33)22-16-21(35-15-5-14-29)17-28(22)25(32)24(19-6-3-2-4-7-19)27-23(31)13-10-18-8-11-20(30)12-9-18;2*1-32-26(31)22-16-21-17-28(22)25(30)24(19-6-3-2-4-7-19)27-23(29)13-10-18-8-11-20(12-9-18)33-14-5-15-34-21;28-22-12-9-17-7-10-19(11-8-17)32-13-4-14-33-20-15-21(25(30)31)27(16-20)24(29)23(26-22)18-5-2-1-3-6-18/h8-9,11-12,19,21-22,24,29-30H,2-7,10,13-17H2,1H3,(H,27,31);2*8-9,11-12,19,21-22,24H,2-7,10,13-17H2,1H3,(H,27,29);7-8,10-11,18,20-21,23H,1-6,9,12-16H2,(H,26,28)(H,30,31)/t3*21-,22+,24+;20-,21+,23+/m1111/s1. The van der Waals surface area contributed by atoms with Crippen LogP contribution < -0.4 is 35.5 Å². The number of nitrogens with zero attached hydrogens (tertiary/aromatic N) is 4. The summed E-state index contributed by atoms with van der Waals surface area (Å²) in [7, 11) is 3.97. The number of carbonyl (C=O) groups is 12. The molecule has 12 bridgehead atoms. The number of aliphatic carboxylic acids is 1. The number of amides is 8. The maximum Gasteiger partial charge on any atom is 0.328 e. The van der Waals surface area contributed by atoms with E-state index in [1.165, 1.54) is 31.1 Å². The largest absolute Gasteiger partial charge is 0.508 e. The van der Waals surface area contributed by atoms with Crippen LogP contribution in [0.1, 0.15) is 228 Å². The Morgan fingerprint density at radius 2 is 0.787 bits per heavy atom. The Hall–Kier alpha value is -10.5. The van der Waals surface area contributed by atoms with E-state index in [0.29, 0.717) is 143 Å². The van der Waals surface area contributed by atoms with Gasteiger partial charge in [-0.05, 0) is 178 Å². The van der Waals surface area contributed by atoms with Crippen LogP contribution in [-0.4, -0.2) is 279 Å². The number of aromatic hydroxyl groups is 1. The molecular formula is C103H144N8O25. The van der Waals surface area contributed by atoms with Crippen LogP contribution in [0, 0.1) is 23.7 Å². The summed E-state index contributed by atoms with van der Waals surface area (Å²) < 4.78 is 56.0. The Kier molecular flexibility index (Phi) is 41.5. The van der Waals surface area contributed by atoms with Gasteiger partial charge in [0.2, 0.25) is 47.3 Å². The highest BCUT2D eigenvalue weighted by molar-refractivity contribution is 5.95. The third kappa shape index (κ3) is 31.0. The molecule has 7 N–H and O–H groups in total. The van der Waals surface area contributed by atoms with Crippen molar-refractivity contribution < 1.29 is 120 Å². The molecule has 4 aromatic rings. The molecule has 4 aliphatic carbocycles. The van der Waals surface area contributed by atoms with Crippen molar-refractivity contribution in [2.24, 2.45) is 23.7 Å². The Morgan fingerprint density at radius 1 is 0.426 bits per heavy atom. The molecule has 4 saturated carbocycles. The van der Waals surface area contributed by atoms with Crippen LogP contribution in [0.25, 0.3) is 0 Å². The number of methoxy groups -OCH3 is 3. The molecule has 10 aliphatic heterocycles. The number of esters is 3. The van der Waals surface area contributed by atoms with Crippen molar-refractivity contribution in [3.63, 3.8) is 0 Å². The molecule has 8 amide bonds. The number of hydrogen-bond donors (Lipinski definition) is 7. The van der Waals surface area contributed by atoms with E-state index in [1.807, 2.05) is 72.8 Å².